The van der Waals surface area contributed by atoms with Crippen molar-refractivity contribution in [3.8, 4) is 0 Å². The number of rotatable bonds is 2. The molecule has 2 nitrogen and oxygen atoms in total. The number of hydrogen-bond acceptors (Lipinski definition) is 3. The van der Waals surface area contributed by atoms with Crippen LogP contribution in [0.25, 0.3) is 0 Å². The Morgan fingerprint density at radius 2 is 2.38 bits per heavy atom. The third-order valence-corrected chi connectivity index (χ3v) is 4.21. The van der Waals surface area contributed by atoms with Crippen molar-refractivity contribution in [2.24, 2.45) is 4.99 Å². The minimum atomic E-state index is 0.616. The summed E-state index contributed by atoms with van der Waals surface area (Å²) >= 11 is 7.95. The van der Waals surface area contributed by atoms with Gasteiger partial charge in [0.1, 0.15) is 0 Å². The van der Waals surface area contributed by atoms with Crippen LogP contribution >= 0.6 is 23.4 Å². The van der Waals surface area contributed by atoms with Crippen molar-refractivity contribution in [2.45, 2.75) is 25.5 Å². The third-order valence-electron chi connectivity index (χ3n) is 2.63. The average molecular weight is 255 g/mol. The summed E-state index contributed by atoms with van der Waals surface area (Å²) in [6.45, 7) is 5.15. The van der Waals surface area contributed by atoms with Crippen molar-refractivity contribution in [2.75, 3.05) is 11.9 Å². The molecule has 1 unspecified atom stereocenters. The molecule has 1 aromatic carbocycles. The molecule has 0 bridgehead atoms. The molecule has 0 radical (unpaired) electrons. The van der Waals surface area contributed by atoms with E-state index in [0.29, 0.717) is 5.25 Å². The maximum Gasteiger partial charge on any atom is 0.161 e. The molecule has 86 valence electrons. The van der Waals surface area contributed by atoms with Crippen LogP contribution in [0.4, 0.5) is 5.69 Å². The lowest BCUT2D eigenvalue weighted by Crippen LogP contribution is -2.08. The van der Waals surface area contributed by atoms with Gasteiger partial charge in [0.2, 0.25) is 0 Å². The van der Waals surface area contributed by atoms with Crippen molar-refractivity contribution >= 4 is 34.2 Å². The quantitative estimate of drug-likeness (QED) is 0.865. The first-order valence-corrected chi connectivity index (χ1v) is 6.69. The Balaban J connectivity index is 2.11. The predicted molar refractivity (Wildman–Crippen MR) is 73.8 cm³/mol. The first kappa shape index (κ1) is 11.8. The van der Waals surface area contributed by atoms with E-state index in [9.17, 15) is 0 Å². The van der Waals surface area contributed by atoms with Crippen LogP contribution in [0.5, 0.6) is 0 Å². The molecule has 1 heterocycles. The fourth-order valence-electron chi connectivity index (χ4n) is 1.60. The fourth-order valence-corrected chi connectivity index (χ4v) is 2.81. The molecular formula is C12H15ClN2S. The lowest BCUT2D eigenvalue weighted by molar-refractivity contribution is 0.843. The second kappa shape index (κ2) is 5.11. The highest BCUT2D eigenvalue weighted by atomic mass is 35.5. The molecule has 0 aromatic heterocycles. The van der Waals surface area contributed by atoms with Gasteiger partial charge in [-0.15, -0.1) is 0 Å². The molecule has 2 rings (SSSR count). The molecule has 1 aliphatic rings. The number of benzene rings is 1. The van der Waals surface area contributed by atoms with Gasteiger partial charge in [-0.25, -0.2) is 0 Å². The lowest BCUT2D eigenvalue weighted by Gasteiger charge is -2.11. The number of para-hydroxylation sites is 1. The zero-order valence-electron chi connectivity index (χ0n) is 9.46. The van der Waals surface area contributed by atoms with Crippen LogP contribution in [0.15, 0.2) is 23.2 Å². The summed E-state index contributed by atoms with van der Waals surface area (Å²) in [7, 11) is 0. The highest BCUT2D eigenvalue weighted by Gasteiger charge is 2.18. The Labute approximate surface area is 105 Å². The topological polar surface area (TPSA) is 24.4 Å². The summed E-state index contributed by atoms with van der Waals surface area (Å²) in [4.78, 5) is 4.48. The molecule has 0 spiro atoms. The van der Waals surface area contributed by atoms with E-state index in [-0.39, 0.29) is 0 Å². The molecule has 0 aliphatic carbocycles. The second-order valence-electron chi connectivity index (χ2n) is 3.85. The Morgan fingerprint density at radius 1 is 1.56 bits per heavy atom. The zero-order valence-corrected chi connectivity index (χ0v) is 11.0. The summed E-state index contributed by atoms with van der Waals surface area (Å²) in [5.41, 5.74) is 2.13. The summed E-state index contributed by atoms with van der Waals surface area (Å²) in [6, 6.07) is 5.90. The number of nitrogens with one attached hydrogen (secondary N) is 1. The van der Waals surface area contributed by atoms with Crippen molar-refractivity contribution in [1.82, 2.24) is 0 Å². The van der Waals surface area contributed by atoms with Crippen LogP contribution in [0.1, 0.15) is 18.9 Å². The normalized spacial score (nSPS) is 19.7. The van der Waals surface area contributed by atoms with Crippen molar-refractivity contribution in [3.05, 3.63) is 28.8 Å². The van der Waals surface area contributed by atoms with Gasteiger partial charge >= 0.3 is 0 Å². The van der Waals surface area contributed by atoms with Crippen molar-refractivity contribution < 1.29 is 0 Å². The first-order valence-electron chi connectivity index (χ1n) is 5.44. The van der Waals surface area contributed by atoms with E-state index in [4.69, 9.17) is 11.6 Å². The van der Waals surface area contributed by atoms with Crippen LogP contribution in [0.2, 0.25) is 5.02 Å². The molecule has 1 aromatic rings. The Bertz CT molecular complexity index is 397. The van der Waals surface area contributed by atoms with E-state index in [0.717, 1.165) is 34.4 Å². The number of aryl methyl sites for hydroxylation is 1. The third kappa shape index (κ3) is 2.53. The smallest absolute Gasteiger partial charge is 0.161 e. The van der Waals surface area contributed by atoms with Crippen LogP contribution in [-0.2, 0) is 0 Å². The number of halogens is 1. The average Bonchev–Trinajstić information content (AvgIpc) is 2.71. The van der Waals surface area contributed by atoms with E-state index in [2.05, 4.69) is 17.2 Å². The molecule has 0 saturated carbocycles. The van der Waals surface area contributed by atoms with Gasteiger partial charge in [0.25, 0.3) is 0 Å². The summed E-state index contributed by atoms with van der Waals surface area (Å²) in [5, 5.41) is 5.68. The van der Waals surface area contributed by atoms with E-state index in [1.807, 2.05) is 25.1 Å². The fraction of sp³-hybridized carbons (Fsp3) is 0.417. The minimum absolute atomic E-state index is 0.616. The number of amidine groups is 1. The van der Waals surface area contributed by atoms with Gasteiger partial charge in [0.05, 0.1) is 17.3 Å². The molecule has 16 heavy (non-hydrogen) atoms. The maximum atomic E-state index is 6.15. The Kier molecular flexibility index (Phi) is 3.77. The van der Waals surface area contributed by atoms with Crippen LogP contribution in [0, 0.1) is 6.92 Å². The van der Waals surface area contributed by atoms with Crippen LogP contribution < -0.4 is 5.32 Å². The van der Waals surface area contributed by atoms with E-state index >= 15 is 0 Å². The summed E-state index contributed by atoms with van der Waals surface area (Å²) < 4.78 is 0. The number of anilines is 1. The van der Waals surface area contributed by atoms with E-state index < -0.39 is 0 Å². The number of aliphatic imine (C=N–C) groups is 1. The first-order chi connectivity index (χ1) is 7.70. The minimum Gasteiger partial charge on any atom is -0.334 e. The second-order valence-corrected chi connectivity index (χ2v) is 5.55. The molecule has 0 saturated heterocycles. The molecule has 0 amide bonds. The molecule has 1 N–H and O–H groups in total. The Morgan fingerprint density at radius 3 is 3.00 bits per heavy atom. The molecule has 0 fully saturated rings. The summed E-state index contributed by atoms with van der Waals surface area (Å²) in [5.74, 6) is 0. The van der Waals surface area contributed by atoms with Gasteiger partial charge in [0, 0.05) is 5.25 Å². The molecule has 1 atom stereocenters. The molecule has 4 heteroatoms. The number of hydrogen-bond donors (Lipinski definition) is 1. The largest absolute Gasteiger partial charge is 0.334 e. The van der Waals surface area contributed by atoms with Gasteiger partial charge in [0.15, 0.2) is 5.17 Å². The van der Waals surface area contributed by atoms with Gasteiger partial charge < -0.3 is 5.32 Å². The highest BCUT2D eigenvalue weighted by Crippen LogP contribution is 2.29. The van der Waals surface area contributed by atoms with Crippen LogP contribution in [0.3, 0.4) is 0 Å². The molecular weight excluding hydrogens is 240 g/mol. The maximum absolute atomic E-state index is 6.15. The monoisotopic (exact) mass is 254 g/mol. The van der Waals surface area contributed by atoms with Gasteiger partial charge in [-0.05, 0) is 25.0 Å². The van der Waals surface area contributed by atoms with E-state index in [1.54, 1.807) is 11.8 Å². The Hall–Kier alpha value is -0.670. The van der Waals surface area contributed by atoms with Gasteiger partial charge in [-0.2, -0.15) is 0 Å². The van der Waals surface area contributed by atoms with Crippen LogP contribution in [-0.4, -0.2) is 17.0 Å². The standard InChI is InChI=1S/C12H15ClN2S/c1-3-9-7-14-12(16-9)15-11-8(2)5-4-6-10(11)13/h4-6,9H,3,7H2,1-2H3,(H,14,15). The lowest BCUT2D eigenvalue weighted by atomic mass is 10.2. The SMILES string of the molecule is CCC1CN=C(Nc2c(C)cccc2Cl)S1. The van der Waals surface area contributed by atoms with E-state index in [1.165, 1.54) is 0 Å². The number of thioether (sulfide) groups is 1. The predicted octanol–water partition coefficient (Wildman–Crippen LogP) is 3.94. The van der Waals surface area contributed by atoms with Crippen molar-refractivity contribution in [1.29, 1.82) is 0 Å². The summed E-state index contributed by atoms with van der Waals surface area (Å²) in [6.07, 6.45) is 1.15. The number of nitrogens with zero attached hydrogens (tertiary/aromatic N) is 1. The highest BCUT2D eigenvalue weighted by molar-refractivity contribution is 8.15. The van der Waals surface area contributed by atoms with Gasteiger partial charge in [-0.3, -0.25) is 4.99 Å². The van der Waals surface area contributed by atoms with Gasteiger partial charge in [-0.1, -0.05) is 42.4 Å². The molecule has 1 aliphatic heterocycles. The zero-order chi connectivity index (χ0) is 11.5. The van der Waals surface area contributed by atoms with Crippen molar-refractivity contribution in [3.63, 3.8) is 0 Å².